The van der Waals surface area contributed by atoms with Crippen molar-refractivity contribution in [1.82, 2.24) is 14.5 Å². The van der Waals surface area contributed by atoms with Crippen molar-refractivity contribution in [2.24, 2.45) is 0 Å². The number of likely N-dealkylation sites (tertiary alicyclic amines) is 1. The molecule has 5 rings (SSSR count). The largest absolute Gasteiger partial charge is 0.445 e. The first-order chi connectivity index (χ1) is 16.3. The quantitative estimate of drug-likeness (QED) is 0.528. The van der Waals surface area contributed by atoms with E-state index in [0.29, 0.717) is 33.4 Å². The van der Waals surface area contributed by atoms with Gasteiger partial charge in [-0.3, -0.25) is 9.36 Å². The van der Waals surface area contributed by atoms with Crippen molar-refractivity contribution in [1.29, 1.82) is 0 Å². The number of hydrogen-bond donors (Lipinski definition) is 1. The lowest BCUT2D eigenvalue weighted by atomic mass is 9.97. The van der Waals surface area contributed by atoms with Gasteiger partial charge in [0.1, 0.15) is 6.61 Å². The average molecular weight is 549 g/mol. The van der Waals surface area contributed by atoms with Crippen LogP contribution in [0.5, 0.6) is 0 Å². The van der Waals surface area contributed by atoms with Crippen LogP contribution < -0.4 is 5.56 Å². The molecule has 1 unspecified atom stereocenters. The minimum Gasteiger partial charge on any atom is -0.445 e. The Hall–Kier alpha value is -2.46. The van der Waals surface area contributed by atoms with Gasteiger partial charge in [0.25, 0.3) is 5.56 Å². The molecule has 8 nitrogen and oxygen atoms in total. The highest BCUT2D eigenvalue weighted by Gasteiger charge is 2.50. The number of piperidine rings is 1. The second kappa shape index (κ2) is 9.30. The first kappa shape index (κ1) is 23.3. The van der Waals surface area contributed by atoms with Crippen molar-refractivity contribution >= 4 is 44.5 Å². The summed E-state index contributed by atoms with van der Waals surface area (Å²) in [5, 5.41) is 12.0. The number of rotatable bonds is 4. The first-order valence-corrected chi connectivity index (χ1v) is 12.2. The van der Waals surface area contributed by atoms with Crippen LogP contribution >= 0.6 is 27.5 Å². The molecule has 3 heterocycles. The van der Waals surface area contributed by atoms with Crippen LogP contribution in [0.4, 0.5) is 4.79 Å². The van der Waals surface area contributed by atoms with Crippen molar-refractivity contribution in [2.75, 3.05) is 6.54 Å². The molecule has 2 aliphatic rings. The van der Waals surface area contributed by atoms with Crippen LogP contribution in [0.15, 0.2) is 58.1 Å². The maximum absolute atomic E-state index is 13.0. The van der Waals surface area contributed by atoms with E-state index in [4.69, 9.17) is 21.1 Å². The van der Waals surface area contributed by atoms with Crippen LogP contribution in [0.1, 0.15) is 24.8 Å². The van der Waals surface area contributed by atoms with Gasteiger partial charge in [-0.05, 0) is 46.5 Å². The van der Waals surface area contributed by atoms with Crippen molar-refractivity contribution < 1.29 is 19.4 Å². The summed E-state index contributed by atoms with van der Waals surface area (Å²) in [5.41, 5.74) is 1.07. The summed E-state index contributed by atoms with van der Waals surface area (Å²) in [6, 6.07) is 12.4. The fourth-order valence-corrected chi connectivity index (χ4v) is 5.22. The number of fused-ring (bicyclic) bond motifs is 2. The lowest BCUT2D eigenvalue weighted by molar-refractivity contribution is -0.202. The number of hydrogen-bond acceptors (Lipinski definition) is 6. The zero-order chi connectivity index (χ0) is 23.9. The highest BCUT2D eigenvalue weighted by molar-refractivity contribution is 9.10. The Labute approximate surface area is 209 Å². The number of nitrogens with zero attached hydrogens (tertiary/aromatic N) is 3. The Bertz CT molecular complexity index is 1290. The molecule has 0 bridgehead atoms. The van der Waals surface area contributed by atoms with Crippen molar-refractivity contribution in [3.05, 3.63) is 74.2 Å². The van der Waals surface area contributed by atoms with Crippen molar-refractivity contribution in [3.8, 4) is 0 Å². The topological polar surface area (TPSA) is 93.9 Å². The SMILES string of the molecule is O=C(OCc1ccccc1)N1CCC[C@@H]2OC(O)(Cn3cnc4cc(Br)c(Cl)cc4c3=O)C[C@H]21. The number of aromatic nitrogens is 2. The Kier molecular flexibility index (Phi) is 6.37. The Morgan fingerprint density at radius 3 is 2.91 bits per heavy atom. The summed E-state index contributed by atoms with van der Waals surface area (Å²) >= 11 is 9.49. The molecule has 3 atom stereocenters. The number of carbonyl (C=O) groups excluding carboxylic acids is 1. The molecule has 1 aromatic heterocycles. The fourth-order valence-electron chi connectivity index (χ4n) is 4.72. The van der Waals surface area contributed by atoms with E-state index in [-0.39, 0.29) is 37.3 Å². The van der Waals surface area contributed by atoms with Gasteiger partial charge in [0.05, 0.1) is 40.9 Å². The molecule has 2 saturated heterocycles. The van der Waals surface area contributed by atoms with E-state index < -0.39 is 11.9 Å². The number of amides is 1. The second-order valence-electron chi connectivity index (χ2n) is 8.71. The third-order valence-corrected chi connectivity index (χ3v) is 7.54. The monoisotopic (exact) mass is 547 g/mol. The molecule has 178 valence electrons. The van der Waals surface area contributed by atoms with Crippen molar-refractivity contribution in [3.63, 3.8) is 0 Å². The molecule has 0 radical (unpaired) electrons. The van der Waals surface area contributed by atoms with Gasteiger partial charge in [-0.2, -0.15) is 0 Å². The molecule has 1 N–H and O–H groups in total. The van der Waals surface area contributed by atoms with E-state index >= 15 is 0 Å². The molecule has 1 amide bonds. The molecule has 10 heteroatoms. The normalized spacial score (nSPS) is 24.3. The minimum atomic E-state index is -1.62. The number of halogens is 2. The number of benzene rings is 2. The van der Waals surface area contributed by atoms with Crippen LogP contribution in [0, 0.1) is 0 Å². The second-order valence-corrected chi connectivity index (χ2v) is 9.97. The van der Waals surface area contributed by atoms with E-state index in [1.54, 1.807) is 17.0 Å². The summed E-state index contributed by atoms with van der Waals surface area (Å²) in [4.78, 5) is 31.8. The van der Waals surface area contributed by atoms with Gasteiger partial charge in [-0.25, -0.2) is 9.78 Å². The Balaban J connectivity index is 1.32. The van der Waals surface area contributed by atoms with Gasteiger partial charge in [0.2, 0.25) is 0 Å². The van der Waals surface area contributed by atoms with E-state index in [9.17, 15) is 14.7 Å². The third-order valence-electron chi connectivity index (χ3n) is 6.34. The van der Waals surface area contributed by atoms with E-state index in [0.717, 1.165) is 12.0 Å². The zero-order valence-electron chi connectivity index (χ0n) is 18.2. The molecule has 34 heavy (non-hydrogen) atoms. The molecular formula is C24H23BrClN3O5. The molecule has 3 aromatic rings. The molecular weight excluding hydrogens is 526 g/mol. The van der Waals surface area contributed by atoms with Crippen LogP contribution in [0.3, 0.4) is 0 Å². The Morgan fingerprint density at radius 1 is 1.32 bits per heavy atom. The van der Waals surface area contributed by atoms with Gasteiger partial charge in [0, 0.05) is 17.4 Å². The van der Waals surface area contributed by atoms with Crippen LogP contribution in [0.2, 0.25) is 5.02 Å². The predicted molar refractivity (Wildman–Crippen MR) is 130 cm³/mol. The van der Waals surface area contributed by atoms with Gasteiger partial charge >= 0.3 is 6.09 Å². The van der Waals surface area contributed by atoms with Gasteiger partial charge in [0.15, 0.2) is 5.79 Å². The van der Waals surface area contributed by atoms with E-state index in [2.05, 4.69) is 20.9 Å². The summed E-state index contributed by atoms with van der Waals surface area (Å²) < 4.78 is 13.5. The van der Waals surface area contributed by atoms with Crippen LogP contribution in [-0.4, -0.2) is 50.1 Å². The summed E-state index contributed by atoms with van der Waals surface area (Å²) in [6.07, 6.45) is 2.24. The van der Waals surface area contributed by atoms with Gasteiger partial charge in [-0.1, -0.05) is 41.9 Å². The van der Waals surface area contributed by atoms with Crippen molar-refractivity contribution in [2.45, 2.75) is 50.3 Å². The smallest absolute Gasteiger partial charge is 0.410 e. The standard InChI is InChI=1S/C24H23BrClN3O5/c25-17-10-19-16(9-18(17)26)22(30)28(14-27-19)13-24(32)11-20-21(34-24)7-4-8-29(20)23(31)33-12-15-5-2-1-3-6-15/h1-3,5-6,9-10,14,20-21,32H,4,7-8,11-13H2/t20-,21+,24?/m1/s1. The maximum Gasteiger partial charge on any atom is 0.410 e. The summed E-state index contributed by atoms with van der Waals surface area (Å²) in [7, 11) is 0. The minimum absolute atomic E-state index is 0.109. The van der Waals surface area contributed by atoms with E-state index in [1.807, 2.05) is 30.3 Å². The average Bonchev–Trinajstić information content (AvgIpc) is 3.17. The molecule has 2 fully saturated rings. The highest BCUT2D eigenvalue weighted by atomic mass is 79.9. The summed E-state index contributed by atoms with van der Waals surface area (Å²) in [5.74, 6) is -1.62. The fraction of sp³-hybridized carbons (Fsp3) is 0.375. The lowest BCUT2D eigenvalue weighted by Gasteiger charge is -2.35. The molecule has 2 aliphatic heterocycles. The lowest BCUT2D eigenvalue weighted by Crippen LogP contribution is -2.49. The molecule has 0 aliphatic carbocycles. The number of ether oxygens (including phenoxy) is 2. The van der Waals surface area contributed by atoms with Crippen LogP contribution in [-0.2, 0) is 22.6 Å². The van der Waals surface area contributed by atoms with Gasteiger partial charge < -0.3 is 19.5 Å². The molecule has 2 aromatic carbocycles. The van der Waals surface area contributed by atoms with E-state index in [1.165, 1.54) is 10.9 Å². The summed E-state index contributed by atoms with van der Waals surface area (Å²) in [6.45, 7) is 0.594. The number of carbonyl (C=O) groups is 1. The van der Waals surface area contributed by atoms with Crippen LogP contribution in [0.25, 0.3) is 10.9 Å². The zero-order valence-corrected chi connectivity index (χ0v) is 20.5. The predicted octanol–water partition coefficient (Wildman–Crippen LogP) is 4.09. The first-order valence-electron chi connectivity index (χ1n) is 11.0. The van der Waals surface area contributed by atoms with Gasteiger partial charge in [-0.15, -0.1) is 0 Å². The molecule has 0 saturated carbocycles. The third kappa shape index (κ3) is 4.57. The number of aliphatic hydroxyl groups is 1. The highest BCUT2D eigenvalue weighted by Crippen LogP contribution is 2.38. The maximum atomic E-state index is 13.0. The molecule has 0 spiro atoms. The Morgan fingerprint density at radius 2 is 2.12 bits per heavy atom.